The van der Waals surface area contributed by atoms with Crippen LogP contribution in [0.3, 0.4) is 0 Å². The van der Waals surface area contributed by atoms with Crippen LogP contribution in [0, 0.1) is 5.92 Å². The minimum atomic E-state index is 0.637. The van der Waals surface area contributed by atoms with Crippen LogP contribution in [0.4, 0.5) is 0 Å². The molecule has 2 N–H and O–H groups in total. The molecule has 0 aliphatic rings. The first-order valence-electron chi connectivity index (χ1n) is 5.73. The highest BCUT2D eigenvalue weighted by atomic mass is 79.9. The van der Waals surface area contributed by atoms with E-state index in [0.29, 0.717) is 5.92 Å². The normalized spacial score (nSPS) is 13.3. The lowest BCUT2D eigenvalue weighted by Gasteiger charge is -2.18. The molecular weight excluding hydrogens is 284 g/mol. The van der Waals surface area contributed by atoms with E-state index in [0.717, 1.165) is 26.1 Å². The molecule has 0 aliphatic carbocycles. The number of nitrogens with zero attached hydrogens (tertiary/aromatic N) is 1. The Morgan fingerprint density at radius 1 is 1.50 bits per heavy atom. The molecule has 4 heteroatoms. The highest BCUT2D eigenvalue weighted by Crippen LogP contribution is 2.20. The molecule has 16 heavy (non-hydrogen) atoms. The van der Waals surface area contributed by atoms with Crippen LogP contribution < -0.4 is 5.73 Å². The molecule has 0 spiro atoms. The lowest BCUT2D eigenvalue weighted by molar-refractivity contribution is 0.311. The molecule has 2 nitrogen and oxygen atoms in total. The second-order valence-corrected chi connectivity index (χ2v) is 6.33. The van der Waals surface area contributed by atoms with Gasteiger partial charge in [-0.2, -0.15) is 0 Å². The summed E-state index contributed by atoms with van der Waals surface area (Å²) in [5.74, 6) is 0.637. The third kappa shape index (κ3) is 5.43. The molecule has 1 atom stereocenters. The molecule has 0 radical (unpaired) electrons. The zero-order chi connectivity index (χ0) is 12.0. The quantitative estimate of drug-likeness (QED) is 0.839. The maximum absolute atomic E-state index is 5.60. The molecule has 92 valence electrons. The number of hydrogen-bond acceptors (Lipinski definition) is 3. The Morgan fingerprint density at radius 2 is 2.25 bits per heavy atom. The fourth-order valence-corrected chi connectivity index (χ4v) is 2.90. The second kappa shape index (κ2) is 7.43. The SMILES string of the molecule is CC(CN)CCN(C)CCc1cc(Br)cs1. The molecule has 1 rings (SSSR count). The van der Waals surface area contributed by atoms with Crippen molar-refractivity contribution >= 4 is 27.3 Å². The van der Waals surface area contributed by atoms with Gasteiger partial charge in [-0.05, 0) is 60.9 Å². The highest BCUT2D eigenvalue weighted by Gasteiger charge is 2.04. The number of nitrogens with two attached hydrogens (primary N) is 1. The lowest BCUT2D eigenvalue weighted by Crippen LogP contribution is -2.25. The summed E-state index contributed by atoms with van der Waals surface area (Å²) >= 11 is 5.31. The summed E-state index contributed by atoms with van der Waals surface area (Å²) in [4.78, 5) is 3.84. The van der Waals surface area contributed by atoms with Gasteiger partial charge in [-0.25, -0.2) is 0 Å². The maximum Gasteiger partial charge on any atom is 0.0285 e. The standard InChI is InChI=1S/C12H21BrN2S/c1-10(8-14)3-5-15(2)6-4-12-7-11(13)9-16-12/h7,9-10H,3-6,8,14H2,1-2H3. The van der Waals surface area contributed by atoms with E-state index in [1.54, 1.807) is 0 Å². The molecule has 0 amide bonds. The Hall–Kier alpha value is 0.1000. The number of thiophene rings is 1. The molecule has 1 aromatic heterocycles. The Labute approximate surface area is 111 Å². The van der Waals surface area contributed by atoms with Gasteiger partial charge in [0.2, 0.25) is 0 Å². The Bertz CT molecular complexity index is 301. The minimum absolute atomic E-state index is 0.637. The molecule has 1 heterocycles. The summed E-state index contributed by atoms with van der Waals surface area (Å²) in [6, 6.07) is 2.21. The first-order valence-corrected chi connectivity index (χ1v) is 7.40. The van der Waals surface area contributed by atoms with Crippen LogP contribution in [-0.4, -0.2) is 31.6 Å². The van der Waals surface area contributed by atoms with Crippen molar-refractivity contribution < 1.29 is 0 Å². The molecule has 1 unspecified atom stereocenters. The first-order chi connectivity index (χ1) is 7.61. The van der Waals surface area contributed by atoms with E-state index in [-0.39, 0.29) is 0 Å². The van der Waals surface area contributed by atoms with Crippen molar-refractivity contribution in [3.05, 3.63) is 20.8 Å². The largest absolute Gasteiger partial charge is 0.330 e. The summed E-state index contributed by atoms with van der Waals surface area (Å²) in [5.41, 5.74) is 5.60. The number of hydrogen-bond donors (Lipinski definition) is 1. The van der Waals surface area contributed by atoms with Crippen molar-refractivity contribution in [3.8, 4) is 0 Å². The first kappa shape index (κ1) is 14.2. The molecule has 0 fully saturated rings. The van der Waals surface area contributed by atoms with E-state index in [1.807, 2.05) is 11.3 Å². The fourth-order valence-electron chi connectivity index (χ4n) is 1.46. The highest BCUT2D eigenvalue weighted by molar-refractivity contribution is 9.10. The Kier molecular flexibility index (Phi) is 6.58. The van der Waals surface area contributed by atoms with Crippen LogP contribution >= 0.6 is 27.3 Å². The fraction of sp³-hybridized carbons (Fsp3) is 0.667. The van der Waals surface area contributed by atoms with Crippen molar-refractivity contribution in [2.45, 2.75) is 19.8 Å². The van der Waals surface area contributed by atoms with E-state index >= 15 is 0 Å². The summed E-state index contributed by atoms with van der Waals surface area (Å²) in [6.45, 7) is 5.28. The van der Waals surface area contributed by atoms with Crippen molar-refractivity contribution in [3.63, 3.8) is 0 Å². The van der Waals surface area contributed by atoms with Crippen LogP contribution in [0.15, 0.2) is 15.9 Å². The average molecular weight is 305 g/mol. The van der Waals surface area contributed by atoms with Gasteiger partial charge in [0, 0.05) is 21.3 Å². The van der Waals surface area contributed by atoms with Crippen LogP contribution in [0.25, 0.3) is 0 Å². The molecule has 0 aromatic carbocycles. The van der Waals surface area contributed by atoms with Gasteiger partial charge in [-0.1, -0.05) is 6.92 Å². The van der Waals surface area contributed by atoms with E-state index in [9.17, 15) is 0 Å². The van der Waals surface area contributed by atoms with E-state index in [2.05, 4.69) is 46.2 Å². The van der Waals surface area contributed by atoms with Crippen LogP contribution in [0.5, 0.6) is 0 Å². The molecule has 0 saturated heterocycles. The van der Waals surface area contributed by atoms with Gasteiger partial charge in [0.25, 0.3) is 0 Å². The van der Waals surface area contributed by atoms with E-state index in [1.165, 1.54) is 15.8 Å². The van der Waals surface area contributed by atoms with Crippen molar-refractivity contribution in [2.24, 2.45) is 11.7 Å². The summed E-state index contributed by atoms with van der Waals surface area (Å²) in [7, 11) is 2.19. The number of likely N-dealkylation sites (N-methyl/N-ethyl adjacent to an activating group) is 1. The van der Waals surface area contributed by atoms with Gasteiger partial charge >= 0.3 is 0 Å². The van der Waals surface area contributed by atoms with Gasteiger partial charge in [-0.3, -0.25) is 0 Å². The van der Waals surface area contributed by atoms with Gasteiger partial charge < -0.3 is 10.6 Å². The van der Waals surface area contributed by atoms with E-state index in [4.69, 9.17) is 5.73 Å². The minimum Gasteiger partial charge on any atom is -0.330 e. The van der Waals surface area contributed by atoms with Crippen LogP contribution in [0.2, 0.25) is 0 Å². The molecule has 1 aromatic rings. The predicted octanol–water partition coefficient (Wildman–Crippen LogP) is 2.97. The smallest absolute Gasteiger partial charge is 0.0285 e. The third-order valence-corrected chi connectivity index (χ3v) is 4.53. The molecular formula is C12H21BrN2S. The maximum atomic E-state index is 5.60. The van der Waals surface area contributed by atoms with Crippen molar-refractivity contribution in [1.29, 1.82) is 0 Å². The summed E-state index contributed by atoms with van der Waals surface area (Å²) in [5, 5.41) is 2.14. The lowest BCUT2D eigenvalue weighted by atomic mass is 10.1. The topological polar surface area (TPSA) is 29.3 Å². The number of halogens is 1. The Balaban J connectivity index is 2.17. The van der Waals surface area contributed by atoms with Crippen molar-refractivity contribution in [1.82, 2.24) is 4.90 Å². The second-order valence-electron chi connectivity index (χ2n) is 4.41. The van der Waals surface area contributed by atoms with Gasteiger partial charge in [0.1, 0.15) is 0 Å². The molecule has 0 aliphatic heterocycles. The van der Waals surface area contributed by atoms with Crippen LogP contribution in [-0.2, 0) is 6.42 Å². The van der Waals surface area contributed by atoms with Crippen molar-refractivity contribution in [2.75, 3.05) is 26.7 Å². The van der Waals surface area contributed by atoms with Crippen LogP contribution in [0.1, 0.15) is 18.2 Å². The van der Waals surface area contributed by atoms with Gasteiger partial charge in [0.05, 0.1) is 0 Å². The Morgan fingerprint density at radius 3 is 2.81 bits per heavy atom. The number of rotatable bonds is 7. The average Bonchev–Trinajstić information content (AvgIpc) is 2.69. The zero-order valence-electron chi connectivity index (χ0n) is 10.1. The zero-order valence-corrected chi connectivity index (χ0v) is 12.5. The molecule has 0 saturated carbocycles. The summed E-state index contributed by atoms with van der Waals surface area (Å²) in [6.07, 6.45) is 2.34. The monoisotopic (exact) mass is 304 g/mol. The van der Waals surface area contributed by atoms with Gasteiger partial charge in [-0.15, -0.1) is 11.3 Å². The van der Waals surface area contributed by atoms with E-state index < -0.39 is 0 Å². The molecule has 0 bridgehead atoms. The predicted molar refractivity (Wildman–Crippen MR) is 76.1 cm³/mol. The third-order valence-electron chi connectivity index (χ3n) is 2.77. The van der Waals surface area contributed by atoms with Gasteiger partial charge in [0.15, 0.2) is 0 Å². The summed E-state index contributed by atoms with van der Waals surface area (Å²) < 4.78 is 1.20.